The molecular weight excluding hydrogens is 344 g/mol. The Bertz CT molecular complexity index is 791. The van der Waals surface area contributed by atoms with E-state index in [2.05, 4.69) is 28.0 Å². The van der Waals surface area contributed by atoms with Gasteiger partial charge in [-0.2, -0.15) is 0 Å². The van der Waals surface area contributed by atoms with E-state index in [0.29, 0.717) is 0 Å². The molecule has 0 saturated carbocycles. The first-order chi connectivity index (χ1) is 13.1. The summed E-state index contributed by atoms with van der Waals surface area (Å²) in [6, 6.07) is 18.7. The van der Waals surface area contributed by atoms with E-state index >= 15 is 0 Å². The van der Waals surface area contributed by atoms with Gasteiger partial charge in [0.2, 0.25) is 0 Å². The van der Waals surface area contributed by atoms with Gasteiger partial charge in [0, 0.05) is 5.04 Å². The lowest BCUT2D eigenvalue weighted by molar-refractivity contribution is -0.456. The van der Waals surface area contributed by atoms with Crippen molar-refractivity contribution in [2.24, 2.45) is 0 Å². The largest absolute Gasteiger partial charge is 0.376 e. The lowest BCUT2D eigenvalue weighted by atomic mass is 10.2. The van der Waals surface area contributed by atoms with Gasteiger partial charge in [0.15, 0.2) is 0 Å². The Morgan fingerprint density at radius 2 is 1.04 bits per heavy atom. The van der Waals surface area contributed by atoms with Crippen LogP contribution in [-0.4, -0.2) is 11.9 Å². The molecule has 2 aromatic carbocycles. The Balaban J connectivity index is 1.74. The van der Waals surface area contributed by atoms with Crippen molar-refractivity contribution in [1.29, 1.82) is 0 Å². The fraction of sp³-hybridized carbons (Fsp3) is 0. The minimum absolute atomic E-state index is 0.0257. The molecule has 0 spiro atoms. The van der Waals surface area contributed by atoms with Crippen LogP contribution in [0.2, 0.25) is 0 Å². The van der Waals surface area contributed by atoms with Gasteiger partial charge >= 0.3 is 11.9 Å². The first kappa shape index (κ1) is 19.6. The maximum atomic E-state index is 11.7. The van der Waals surface area contributed by atoms with Crippen LogP contribution in [0.1, 0.15) is 11.1 Å². The van der Waals surface area contributed by atoms with Crippen LogP contribution in [0.4, 0.5) is 0 Å². The smallest absolute Gasteiger partial charge is 0.254 e. The topological polar surface area (TPSA) is 61.8 Å². The molecule has 0 unspecified atom stereocenters. The molecular formula is C22H18O5. The van der Waals surface area contributed by atoms with Crippen molar-refractivity contribution in [1.82, 2.24) is 0 Å². The van der Waals surface area contributed by atoms with Gasteiger partial charge in [-0.15, -0.1) is 0 Å². The highest BCUT2D eigenvalue weighted by Gasteiger charge is 2.11. The molecule has 0 saturated heterocycles. The van der Waals surface area contributed by atoms with E-state index in [0.717, 1.165) is 11.1 Å². The SMILES string of the molecule is C=C(C=Cc1ccccc1)C(=O)OOOC(=O)C(=C)C=Cc1ccccc1. The van der Waals surface area contributed by atoms with E-state index in [1.807, 2.05) is 60.7 Å². The molecule has 0 aromatic heterocycles. The lowest BCUT2D eigenvalue weighted by Crippen LogP contribution is -2.11. The second-order valence-electron chi connectivity index (χ2n) is 5.35. The number of carbonyl (C=O) groups is 2. The normalized spacial score (nSPS) is 10.7. The van der Waals surface area contributed by atoms with Crippen molar-refractivity contribution < 1.29 is 24.4 Å². The third kappa shape index (κ3) is 6.97. The maximum absolute atomic E-state index is 11.7. The zero-order valence-corrected chi connectivity index (χ0v) is 14.5. The lowest BCUT2D eigenvalue weighted by Gasteiger charge is -2.02. The number of carbonyl (C=O) groups excluding carboxylic acids is 2. The average molecular weight is 362 g/mol. The van der Waals surface area contributed by atoms with E-state index in [-0.39, 0.29) is 11.1 Å². The molecule has 0 aliphatic carbocycles. The van der Waals surface area contributed by atoms with Gasteiger partial charge in [-0.25, -0.2) is 9.59 Å². The molecule has 0 atom stereocenters. The summed E-state index contributed by atoms with van der Waals surface area (Å²) >= 11 is 0. The van der Waals surface area contributed by atoms with Gasteiger partial charge in [-0.05, 0) is 23.3 Å². The summed E-state index contributed by atoms with van der Waals surface area (Å²) in [4.78, 5) is 32.2. The second-order valence-corrected chi connectivity index (χ2v) is 5.35. The minimum Gasteiger partial charge on any atom is -0.254 e. The molecule has 136 valence electrons. The summed E-state index contributed by atoms with van der Waals surface area (Å²) in [5, 5.41) is 4.22. The van der Waals surface area contributed by atoms with Crippen LogP contribution in [0, 0.1) is 0 Å². The van der Waals surface area contributed by atoms with Crippen LogP contribution in [-0.2, 0) is 24.4 Å². The number of benzene rings is 2. The quantitative estimate of drug-likeness (QED) is 0.300. The average Bonchev–Trinajstić information content (AvgIpc) is 2.71. The highest BCUT2D eigenvalue weighted by atomic mass is 17.5. The van der Waals surface area contributed by atoms with Crippen LogP contribution in [0.3, 0.4) is 0 Å². The maximum Gasteiger partial charge on any atom is 0.376 e. The minimum atomic E-state index is -0.888. The summed E-state index contributed by atoms with van der Waals surface area (Å²) in [5.74, 6) is -1.78. The summed E-state index contributed by atoms with van der Waals surface area (Å²) < 4.78 is 0. The predicted molar refractivity (Wildman–Crippen MR) is 103 cm³/mol. The summed E-state index contributed by atoms with van der Waals surface area (Å²) in [7, 11) is 0. The molecule has 0 fully saturated rings. The zero-order valence-electron chi connectivity index (χ0n) is 14.5. The Hall–Kier alpha value is -3.70. The molecule has 5 nitrogen and oxygen atoms in total. The van der Waals surface area contributed by atoms with Gasteiger partial charge in [-0.1, -0.05) is 86.0 Å². The van der Waals surface area contributed by atoms with Gasteiger partial charge in [-0.3, -0.25) is 9.78 Å². The van der Waals surface area contributed by atoms with Gasteiger partial charge in [0.05, 0.1) is 11.1 Å². The Morgan fingerprint density at radius 1 is 0.667 bits per heavy atom. The highest BCUT2D eigenvalue weighted by Crippen LogP contribution is 2.07. The molecule has 2 aromatic rings. The van der Waals surface area contributed by atoms with Gasteiger partial charge < -0.3 is 0 Å². The first-order valence-corrected chi connectivity index (χ1v) is 8.00. The number of hydrogen-bond donors (Lipinski definition) is 0. The molecule has 0 heterocycles. The molecule has 0 amide bonds. The molecule has 2 rings (SSSR count). The molecule has 0 radical (unpaired) electrons. The van der Waals surface area contributed by atoms with Crippen LogP contribution in [0.15, 0.2) is 97.1 Å². The van der Waals surface area contributed by atoms with Crippen molar-refractivity contribution in [3.05, 3.63) is 108 Å². The van der Waals surface area contributed by atoms with E-state index < -0.39 is 11.9 Å². The third-order valence-electron chi connectivity index (χ3n) is 3.30. The molecule has 5 heteroatoms. The van der Waals surface area contributed by atoms with E-state index in [1.54, 1.807) is 12.2 Å². The highest BCUT2D eigenvalue weighted by molar-refractivity contribution is 5.92. The summed E-state index contributed by atoms with van der Waals surface area (Å²) in [6.07, 6.45) is 6.30. The van der Waals surface area contributed by atoms with Crippen molar-refractivity contribution in [2.75, 3.05) is 0 Å². The fourth-order valence-corrected chi connectivity index (χ4v) is 1.84. The molecule has 27 heavy (non-hydrogen) atoms. The van der Waals surface area contributed by atoms with Crippen molar-refractivity contribution >= 4 is 24.1 Å². The van der Waals surface area contributed by atoms with Crippen LogP contribution < -0.4 is 0 Å². The van der Waals surface area contributed by atoms with Gasteiger partial charge in [0.25, 0.3) is 0 Å². The van der Waals surface area contributed by atoms with Crippen molar-refractivity contribution in [3.63, 3.8) is 0 Å². The van der Waals surface area contributed by atoms with E-state index in [9.17, 15) is 9.59 Å². The van der Waals surface area contributed by atoms with Gasteiger partial charge in [0.1, 0.15) is 0 Å². The van der Waals surface area contributed by atoms with Crippen molar-refractivity contribution in [3.8, 4) is 0 Å². The summed E-state index contributed by atoms with van der Waals surface area (Å²) in [6.45, 7) is 7.11. The van der Waals surface area contributed by atoms with Crippen molar-refractivity contribution in [2.45, 2.75) is 0 Å². The molecule has 0 bridgehead atoms. The first-order valence-electron chi connectivity index (χ1n) is 8.00. The van der Waals surface area contributed by atoms with Crippen LogP contribution in [0.25, 0.3) is 12.2 Å². The number of rotatable bonds is 8. The van der Waals surface area contributed by atoms with E-state index in [4.69, 9.17) is 0 Å². The third-order valence-corrected chi connectivity index (χ3v) is 3.30. The summed E-state index contributed by atoms with van der Waals surface area (Å²) in [5.41, 5.74) is 1.83. The monoisotopic (exact) mass is 362 g/mol. The fourth-order valence-electron chi connectivity index (χ4n) is 1.84. The zero-order chi connectivity index (χ0) is 19.5. The standard InChI is InChI=1S/C22H18O5/c1-17(13-15-19-9-5-3-6-10-19)21(23)25-27-26-22(24)18(2)14-16-20-11-7-4-8-12-20/h3-16H,1-2H2. The van der Waals surface area contributed by atoms with Crippen LogP contribution >= 0.6 is 0 Å². The molecule has 0 aliphatic rings. The molecule has 0 aliphatic heterocycles. The van der Waals surface area contributed by atoms with E-state index in [1.165, 1.54) is 12.2 Å². The Kier molecular flexibility index (Phi) is 7.51. The predicted octanol–water partition coefficient (Wildman–Crippen LogP) is 4.46. The molecule has 0 N–H and O–H groups in total. The van der Waals surface area contributed by atoms with Crippen LogP contribution in [0.5, 0.6) is 0 Å². The Morgan fingerprint density at radius 3 is 1.41 bits per heavy atom. The number of hydrogen-bond acceptors (Lipinski definition) is 5. The Labute approximate surface area is 157 Å². The second kappa shape index (κ2) is 10.3.